The molecule has 1 fully saturated rings. The van der Waals surface area contributed by atoms with Crippen molar-refractivity contribution in [2.24, 2.45) is 0 Å². The Labute approximate surface area is 149 Å². The standard InChI is InChI=1S/C20H27N3S/c1-4-7-23-10-14(21-11-24)8-17-15-6-5-12(2)20-19(15)16(9-18(17)23)13(3)22-20/h5-6,11,14,17-18,22H,4,7-10H2,1-3H3,(H,21,24)/t14-,17+,18+/m0/s1. The van der Waals surface area contributed by atoms with Gasteiger partial charge in [0.05, 0.1) is 5.49 Å². The minimum Gasteiger partial charge on any atom is -0.378 e. The Balaban J connectivity index is 1.83. The average molecular weight is 342 g/mol. The molecule has 0 amide bonds. The smallest absolute Gasteiger partial charge is 0.0617 e. The van der Waals surface area contributed by atoms with Crippen molar-refractivity contribution in [3.63, 3.8) is 0 Å². The highest BCUT2D eigenvalue weighted by Crippen LogP contribution is 2.45. The van der Waals surface area contributed by atoms with Gasteiger partial charge in [-0.3, -0.25) is 4.90 Å². The number of aryl methyl sites for hydroxylation is 2. The van der Waals surface area contributed by atoms with E-state index >= 15 is 0 Å². The number of hydrogen-bond donors (Lipinski definition) is 2. The zero-order valence-electron chi connectivity index (χ0n) is 14.9. The molecule has 0 spiro atoms. The lowest BCUT2D eigenvalue weighted by molar-refractivity contribution is 0.105. The SMILES string of the molecule is CCCN1C[C@@H](NC=S)C[C@@H]2c3ccc(C)c4[nH]c(C)c(c34)C[C@H]21. The van der Waals surface area contributed by atoms with E-state index in [0.29, 0.717) is 18.0 Å². The number of nitrogens with one attached hydrogen (secondary N) is 2. The van der Waals surface area contributed by atoms with Crippen LogP contribution in [0.25, 0.3) is 10.9 Å². The lowest BCUT2D eigenvalue weighted by atomic mass is 9.73. The molecule has 2 aromatic rings. The molecule has 1 aliphatic heterocycles. The minimum atomic E-state index is 0.466. The Morgan fingerprint density at radius 3 is 2.96 bits per heavy atom. The van der Waals surface area contributed by atoms with Crippen LogP contribution in [-0.4, -0.2) is 40.5 Å². The summed E-state index contributed by atoms with van der Waals surface area (Å²) in [6.07, 6.45) is 3.56. The van der Waals surface area contributed by atoms with Crippen LogP contribution in [0.3, 0.4) is 0 Å². The van der Waals surface area contributed by atoms with Crippen molar-refractivity contribution in [2.75, 3.05) is 13.1 Å². The molecular weight excluding hydrogens is 314 g/mol. The van der Waals surface area contributed by atoms with E-state index in [4.69, 9.17) is 12.2 Å². The fourth-order valence-electron chi connectivity index (χ4n) is 5.01. The topological polar surface area (TPSA) is 31.1 Å². The quantitative estimate of drug-likeness (QED) is 0.829. The molecule has 2 aliphatic rings. The fourth-order valence-corrected chi connectivity index (χ4v) is 5.20. The number of likely N-dealkylation sites (tertiary alicyclic amines) is 1. The molecule has 1 aromatic heterocycles. The van der Waals surface area contributed by atoms with Gasteiger partial charge >= 0.3 is 0 Å². The number of fused-ring (bicyclic) bond motifs is 2. The summed E-state index contributed by atoms with van der Waals surface area (Å²) >= 11 is 5.07. The minimum absolute atomic E-state index is 0.466. The van der Waals surface area contributed by atoms with Gasteiger partial charge in [0.25, 0.3) is 0 Å². The Morgan fingerprint density at radius 1 is 1.38 bits per heavy atom. The van der Waals surface area contributed by atoms with Crippen LogP contribution in [0.5, 0.6) is 0 Å². The molecule has 3 nitrogen and oxygen atoms in total. The van der Waals surface area contributed by atoms with E-state index < -0.39 is 0 Å². The highest BCUT2D eigenvalue weighted by Gasteiger charge is 2.40. The molecule has 1 aromatic carbocycles. The summed E-state index contributed by atoms with van der Waals surface area (Å²) < 4.78 is 0. The first-order valence-electron chi connectivity index (χ1n) is 9.18. The number of aromatic nitrogens is 1. The summed E-state index contributed by atoms with van der Waals surface area (Å²) in [4.78, 5) is 6.36. The molecule has 0 bridgehead atoms. The van der Waals surface area contributed by atoms with E-state index in [-0.39, 0.29) is 0 Å². The molecular formula is C20H27N3S. The summed E-state index contributed by atoms with van der Waals surface area (Å²) in [7, 11) is 0. The van der Waals surface area contributed by atoms with E-state index in [1.165, 1.54) is 48.0 Å². The molecule has 128 valence electrons. The summed E-state index contributed by atoms with van der Waals surface area (Å²) in [6.45, 7) is 9.01. The molecule has 4 rings (SSSR count). The maximum Gasteiger partial charge on any atom is 0.0617 e. The predicted molar refractivity (Wildman–Crippen MR) is 105 cm³/mol. The van der Waals surface area contributed by atoms with Crippen molar-refractivity contribution < 1.29 is 0 Å². The van der Waals surface area contributed by atoms with E-state index in [0.717, 1.165) is 6.54 Å². The molecule has 2 N–H and O–H groups in total. The number of H-pyrrole nitrogens is 1. The molecule has 24 heavy (non-hydrogen) atoms. The first kappa shape index (κ1) is 16.1. The Morgan fingerprint density at radius 2 is 2.21 bits per heavy atom. The fraction of sp³-hybridized carbons (Fsp3) is 0.550. The number of thiocarbonyl (C=S) groups is 1. The number of benzene rings is 1. The summed E-state index contributed by atoms with van der Waals surface area (Å²) in [5.74, 6) is 0.601. The zero-order valence-corrected chi connectivity index (χ0v) is 15.7. The number of piperidine rings is 1. The van der Waals surface area contributed by atoms with Gasteiger partial charge < -0.3 is 10.3 Å². The third-order valence-corrected chi connectivity index (χ3v) is 6.20. The molecule has 0 saturated carbocycles. The van der Waals surface area contributed by atoms with Crippen molar-refractivity contribution in [2.45, 2.75) is 58.0 Å². The van der Waals surface area contributed by atoms with Crippen LogP contribution in [0.1, 0.15) is 48.1 Å². The van der Waals surface area contributed by atoms with Crippen molar-refractivity contribution in [3.05, 3.63) is 34.5 Å². The first-order chi connectivity index (χ1) is 11.6. The van der Waals surface area contributed by atoms with E-state index in [2.05, 4.69) is 48.1 Å². The second kappa shape index (κ2) is 6.16. The van der Waals surface area contributed by atoms with Gasteiger partial charge in [0, 0.05) is 41.1 Å². The van der Waals surface area contributed by atoms with Crippen LogP contribution in [0.15, 0.2) is 12.1 Å². The summed E-state index contributed by atoms with van der Waals surface area (Å²) in [5.41, 5.74) is 8.86. The molecule has 1 aliphatic carbocycles. The third-order valence-electron chi connectivity index (χ3n) is 6.07. The lowest BCUT2D eigenvalue weighted by Gasteiger charge is -2.47. The van der Waals surface area contributed by atoms with Crippen molar-refractivity contribution in [1.82, 2.24) is 15.2 Å². The average Bonchev–Trinajstić information content (AvgIpc) is 2.90. The number of hydrogen-bond acceptors (Lipinski definition) is 2. The normalized spacial score (nSPS) is 26.4. The van der Waals surface area contributed by atoms with Crippen molar-refractivity contribution in [1.29, 1.82) is 0 Å². The van der Waals surface area contributed by atoms with Crippen molar-refractivity contribution >= 4 is 28.6 Å². The van der Waals surface area contributed by atoms with Gasteiger partial charge in [-0.2, -0.15) is 0 Å². The number of aromatic amines is 1. The molecule has 4 heteroatoms. The van der Waals surface area contributed by atoms with Crippen LogP contribution in [0.4, 0.5) is 0 Å². The van der Waals surface area contributed by atoms with Crippen LogP contribution in [0, 0.1) is 13.8 Å². The van der Waals surface area contributed by atoms with E-state index in [1.807, 2.05) is 0 Å². The number of nitrogens with zero attached hydrogens (tertiary/aromatic N) is 1. The second-order valence-corrected chi connectivity index (χ2v) is 7.78. The van der Waals surface area contributed by atoms with E-state index in [1.54, 1.807) is 16.6 Å². The maximum absolute atomic E-state index is 5.07. The summed E-state index contributed by atoms with van der Waals surface area (Å²) in [5, 5.41) is 4.93. The van der Waals surface area contributed by atoms with Crippen LogP contribution >= 0.6 is 12.2 Å². The van der Waals surface area contributed by atoms with Gasteiger partial charge in [-0.1, -0.05) is 31.3 Å². The highest BCUT2D eigenvalue weighted by atomic mass is 32.1. The summed E-state index contributed by atoms with van der Waals surface area (Å²) in [6, 6.07) is 5.77. The molecule has 0 unspecified atom stereocenters. The lowest BCUT2D eigenvalue weighted by Crippen LogP contribution is -2.55. The van der Waals surface area contributed by atoms with Gasteiger partial charge in [-0.15, -0.1) is 0 Å². The zero-order chi connectivity index (χ0) is 16.8. The van der Waals surface area contributed by atoms with Gasteiger partial charge in [0.2, 0.25) is 0 Å². The second-order valence-electron chi connectivity index (χ2n) is 7.54. The Kier molecular flexibility index (Phi) is 4.13. The monoisotopic (exact) mass is 341 g/mol. The first-order valence-corrected chi connectivity index (χ1v) is 9.65. The van der Waals surface area contributed by atoms with E-state index in [9.17, 15) is 0 Å². The molecule has 2 heterocycles. The Bertz CT molecular complexity index is 779. The molecule has 0 radical (unpaired) electrons. The maximum atomic E-state index is 5.07. The molecule has 1 saturated heterocycles. The highest BCUT2D eigenvalue weighted by molar-refractivity contribution is 7.78. The van der Waals surface area contributed by atoms with Crippen LogP contribution < -0.4 is 5.32 Å². The van der Waals surface area contributed by atoms with Gasteiger partial charge in [0.1, 0.15) is 0 Å². The largest absolute Gasteiger partial charge is 0.378 e. The van der Waals surface area contributed by atoms with Crippen LogP contribution in [-0.2, 0) is 6.42 Å². The van der Waals surface area contributed by atoms with Gasteiger partial charge in [0.15, 0.2) is 0 Å². The predicted octanol–water partition coefficient (Wildman–Crippen LogP) is 3.82. The Hall–Kier alpha value is -1.39. The van der Waals surface area contributed by atoms with Crippen molar-refractivity contribution in [3.8, 4) is 0 Å². The van der Waals surface area contributed by atoms with Crippen LogP contribution in [0.2, 0.25) is 0 Å². The third kappa shape index (κ3) is 2.39. The van der Waals surface area contributed by atoms with Gasteiger partial charge in [-0.25, -0.2) is 0 Å². The molecule has 3 atom stereocenters. The number of rotatable bonds is 4. The van der Waals surface area contributed by atoms with Gasteiger partial charge in [-0.05, 0) is 56.3 Å².